The van der Waals surface area contributed by atoms with Gasteiger partial charge in [-0.25, -0.2) is 9.88 Å². The summed E-state index contributed by atoms with van der Waals surface area (Å²) in [5.41, 5.74) is 0.816. The van der Waals surface area contributed by atoms with Crippen LogP contribution in [-0.2, 0) is 9.59 Å². The summed E-state index contributed by atoms with van der Waals surface area (Å²) in [7, 11) is 0. The molecule has 2 bridgehead atoms. The van der Waals surface area contributed by atoms with Crippen molar-refractivity contribution in [2.24, 2.45) is 23.7 Å². The highest BCUT2D eigenvalue weighted by Crippen LogP contribution is 2.52. The Balaban J connectivity index is 1.77. The second-order valence-corrected chi connectivity index (χ2v) is 5.65. The van der Waals surface area contributed by atoms with Gasteiger partial charge in [0.2, 0.25) is 11.8 Å². The molecule has 1 saturated carbocycles. The number of fused-ring (bicyclic) bond motifs is 5. The Bertz CT molecular complexity index is 592. The topological polar surface area (TPSA) is 50.3 Å². The van der Waals surface area contributed by atoms with Crippen molar-refractivity contribution in [1.29, 1.82) is 0 Å². The lowest BCUT2D eigenvalue weighted by molar-refractivity contribution is -0.123. The predicted octanol–water partition coefficient (Wildman–Crippen LogP) is 1.70. The number of nitrogens with zero attached hydrogens (tertiary/aromatic N) is 2. The average Bonchev–Trinajstić information content (AvgIpc) is 3.04. The highest BCUT2D eigenvalue weighted by molar-refractivity contribution is 6.22. The molecule has 19 heavy (non-hydrogen) atoms. The Kier molecular flexibility index (Phi) is 2.03. The van der Waals surface area contributed by atoms with Gasteiger partial charge in [-0.1, -0.05) is 18.2 Å². The van der Waals surface area contributed by atoms with Crippen molar-refractivity contribution >= 4 is 17.6 Å². The van der Waals surface area contributed by atoms with Gasteiger partial charge in [0.15, 0.2) is 0 Å². The predicted molar refractivity (Wildman–Crippen MR) is 69.2 cm³/mol. The molecule has 4 atom stereocenters. The quantitative estimate of drug-likeness (QED) is 0.566. The van der Waals surface area contributed by atoms with E-state index in [0.717, 1.165) is 12.1 Å². The lowest BCUT2D eigenvalue weighted by atomic mass is 9.85. The number of aromatic nitrogens is 1. The van der Waals surface area contributed by atoms with Crippen LogP contribution >= 0.6 is 0 Å². The second kappa shape index (κ2) is 3.53. The van der Waals surface area contributed by atoms with Crippen LogP contribution in [0.1, 0.15) is 12.1 Å². The molecule has 2 heterocycles. The summed E-state index contributed by atoms with van der Waals surface area (Å²) in [6.45, 7) is 1.86. The van der Waals surface area contributed by atoms with Crippen LogP contribution in [0.4, 0.5) is 5.82 Å². The fourth-order valence-electron chi connectivity index (χ4n) is 3.78. The molecular weight excluding hydrogens is 240 g/mol. The molecule has 0 aromatic carbocycles. The number of aryl methyl sites for hydroxylation is 1. The zero-order valence-corrected chi connectivity index (χ0v) is 10.6. The number of carbonyl (C=O) groups is 2. The minimum atomic E-state index is -0.148. The maximum Gasteiger partial charge on any atom is 0.239 e. The summed E-state index contributed by atoms with van der Waals surface area (Å²) in [5, 5.41) is 0. The number of carbonyl (C=O) groups excluding carboxylic acids is 2. The summed E-state index contributed by atoms with van der Waals surface area (Å²) in [6.07, 6.45) is 5.16. The van der Waals surface area contributed by atoms with Gasteiger partial charge in [-0.05, 0) is 37.3 Å². The summed E-state index contributed by atoms with van der Waals surface area (Å²) < 4.78 is 0. The first-order valence-electron chi connectivity index (χ1n) is 6.66. The Morgan fingerprint density at radius 3 is 2.32 bits per heavy atom. The number of hydrogen-bond acceptors (Lipinski definition) is 3. The first-order valence-corrected chi connectivity index (χ1v) is 6.66. The molecule has 2 amide bonds. The van der Waals surface area contributed by atoms with Crippen molar-refractivity contribution in [3.05, 3.63) is 36.0 Å². The first-order chi connectivity index (χ1) is 9.16. The monoisotopic (exact) mass is 254 g/mol. The number of anilines is 1. The van der Waals surface area contributed by atoms with E-state index in [1.807, 2.05) is 19.1 Å². The van der Waals surface area contributed by atoms with E-state index in [1.165, 1.54) is 4.90 Å². The first kappa shape index (κ1) is 10.9. The van der Waals surface area contributed by atoms with E-state index in [2.05, 4.69) is 17.1 Å². The number of pyridine rings is 1. The molecule has 0 radical (unpaired) electrons. The van der Waals surface area contributed by atoms with Crippen molar-refractivity contribution < 1.29 is 9.59 Å². The van der Waals surface area contributed by atoms with Crippen molar-refractivity contribution in [3.63, 3.8) is 0 Å². The molecule has 96 valence electrons. The Morgan fingerprint density at radius 1 is 1.11 bits per heavy atom. The van der Waals surface area contributed by atoms with Crippen LogP contribution in [0.15, 0.2) is 30.4 Å². The summed E-state index contributed by atoms with van der Waals surface area (Å²) in [5.74, 6) is 0.552. The number of imide groups is 1. The average molecular weight is 254 g/mol. The van der Waals surface area contributed by atoms with Gasteiger partial charge in [-0.3, -0.25) is 9.59 Å². The van der Waals surface area contributed by atoms with Crippen LogP contribution in [0.2, 0.25) is 0 Å². The number of rotatable bonds is 1. The Labute approximate surface area is 111 Å². The summed E-state index contributed by atoms with van der Waals surface area (Å²) >= 11 is 0. The normalized spacial score (nSPS) is 35.3. The van der Waals surface area contributed by atoms with Crippen molar-refractivity contribution in [1.82, 2.24) is 4.98 Å². The molecule has 0 N–H and O–H groups in total. The fourth-order valence-corrected chi connectivity index (χ4v) is 3.78. The molecule has 3 aliphatic rings. The third-order valence-electron chi connectivity index (χ3n) is 4.57. The minimum absolute atomic E-state index is 0.0649. The smallest absolute Gasteiger partial charge is 0.239 e. The highest BCUT2D eigenvalue weighted by atomic mass is 16.2. The molecule has 4 heteroatoms. The van der Waals surface area contributed by atoms with E-state index >= 15 is 0 Å². The number of allylic oxidation sites excluding steroid dienone is 2. The Morgan fingerprint density at radius 2 is 1.74 bits per heavy atom. The van der Waals surface area contributed by atoms with E-state index in [4.69, 9.17) is 0 Å². The summed E-state index contributed by atoms with van der Waals surface area (Å²) in [6, 6.07) is 5.43. The molecule has 1 aromatic heterocycles. The second-order valence-electron chi connectivity index (χ2n) is 5.65. The molecule has 2 fully saturated rings. The van der Waals surface area contributed by atoms with Gasteiger partial charge in [0.05, 0.1) is 11.8 Å². The van der Waals surface area contributed by atoms with E-state index in [-0.39, 0.29) is 35.5 Å². The largest absolute Gasteiger partial charge is 0.274 e. The third-order valence-corrected chi connectivity index (χ3v) is 4.57. The molecule has 0 unspecified atom stereocenters. The fraction of sp³-hybridized carbons (Fsp3) is 0.400. The SMILES string of the molecule is Cc1cccc(N2C(=O)[C@@H]3[C@@H](C2=O)[C@H]2C=C[C@@H]3C2)n1. The van der Waals surface area contributed by atoms with Gasteiger partial charge in [0, 0.05) is 5.69 Å². The zero-order chi connectivity index (χ0) is 13.1. The van der Waals surface area contributed by atoms with Gasteiger partial charge in [-0.15, -0.1) is 0 Å². The maximum absolute atomic E-state index is 12.5. The van der Waals surface area contributed by atoms with Crippen LogP contribution < -0.4 is 4.90 Å². The molecule has 1 saturated heterocycles. The minimum Gasteiger partial charge on any atom is -0.274 e. The lowest BCUT2D eigenvalue weighted by Gasteiger charge is -2.16. The van der Waals surface area contributed by atoms with Crippen molar-refractivity contribution in [2.75, 3.05) is 4.90 Å². The molecule has 2 aliphatic carbocycles. The van der Waals surface area contributed by atoms with Crippen molar-refractivity contribution in [2.45, 2.75) is 13.3 Å². The van der Waals surface area contributed by atoms with E-state index in [0.29, 0.717) is 5.82 Å². The van der Waals surface area contributed by atoms with Crippen LogP contribution in [0.25, 0.3) is 0 Å². The van der Waals surface area contributed by atoms with Gasteiger partial charge >= 0.3 is 0 Å². The third kappa shape index (κ3) is 1.31. The van der Waals surface area contributed by atoms with Gasteiger partial charge in [0.25, 0.3) is 0 Å². The highest BCUT2D eigenvalue weighted by Gasteiger charge is 2.59. The van der Waals surface area contributed by atoms with E-state index in [1.54, 1.807) is 6.07 Å². The Hall–Kier alpha value is -1.97. The van der Waals surface area contributed by atoms with Crippen LogP contribution in [-0.4, -0.2) is 16.8 Å². The standard InChI is InChI=1S/C15H14N2O2/c1-8-3-2-4-11(16-8)17-14(18)12-9-5-6-10(7-9)13(12)15(17)19/h2-6,9-10,12-13H,7H2,1H3/t9-,10+,12-,13-/m0/s1. The maximum atomic E-state index is 12.5. The molecule has 1 aliphatic heterocycles. The van der Waals surface area contributed by atoms with Gasteiger partial charge < -0.3 is 0 Å². The van der Waals surface area contributed by atoms with Crippen molar-refractivity contribution in [3.8, 4) is 0 Å². The van der Waals surface area contributed by atoms with Gasteiger partial charge in [0.1, 0.15) is 5.82 Å². The van der Waals surface area contributed by atoms with Crippen LogP contribution in [0.3, 0.4) is 0 Å². The molecule has 4 rings (SSSR count). The summed E-state index contributed by atoms with van der Waals surface area (Å²) in [4.78, 5) is 30.7. The lowest BCUT2D eigenvalue weighted by Crippen LogP contribution is -2.33. The zero-order valence-electron chi connectivity index (χ0n) is 10.6. The molecule has 1 aromatic rings. The van der Waals surface area contributed by atoms with E-state index in [9.17, 15) is 9.59 Å². The molecule has 4 nitrogen and oxygen atoms in total. The molecular formula is C15H14N2O2. The van der Waals surface area contributed by atoms with Gasteiger partial charge in [-0.2, -0.15) is 0 Å². The van der Waals surface area contributed by atoms with E-state index < -0.39 is 0 Å². The molecule has 0 spiro atoms. The number of amides is 2. The van der Waals surface area contributed by atoms with Crippen LogP contribution in [0.5, 0.6) is 0 Å². The number of hydrogen-bond donors (Lipinski definition) is 0. The van der Waals surface area contributed by atoms with Crippen LogP contribution in [0, 0.1) is 30.6 Å².